The lowest BCUT2D eigenvalue weighted by Crippen LogP contribution is -2.24. The van der Waals surface area contributed by atoms with Gasteiger partial charge in [0.1, 0.15) is 0 Å². The molecule has 0 atom stereocenters. The molecule has 1 aromatic heterocycles. The van der Waals surface area contributed by atoms with Gasteiger partial charge in [0, 0.05) is 17.0 Å². The molecule has 0 fully saturated rings. The van der Waals surface area contributed by atoms with E-state index in [1.165, 1.54) is 11.2 Å². The van der Waals surface area contributed by atoms with Crippen LogP contribution in [0.3, 0.4) is 0 Å². The molecule has 0 saturated carbocycles. The molecule has 0 radical (unpaired) electrons. The first-order valence-corrected chi connectivity index (χ1v) is 7.26. The number of amides is 1. The summed E-state index contributed by atoms with van der Waals surface area (Å²) < 4.78 is 5.14. The predicted molar refractivity (Wildman–Crippen MR) is 77.6 cm³/mol. The Morgan fingerprint density at radius 3 is 2.74 bits per heavy atom. The molecule has 2 aromatic rings. The highest BCUT2D eigenvalue weighted by molar-refractivity contribution is 7.99. The van der Waals surface area contributed by atoms with E-state index in [2.05, 4.69) is 17.4 Å². The van der Waals surface area contributed by atoms with E-state index in [4.69, 9.17) is 4.42 Å². The molecule has 0 spiro atoms. The third-order valence-corrected chi connectivity index (χ3v) is 3.79. The molecule has 1 heterocycles. The summed E-state index contributed by atoms with van der Waals surface area (Å²) in [5.74, 6) is 1.27. The molecule has 1 aromatic carbocycles. The normalized spacial score (nSPS) is 10.4. The maximum atomic E-state index is 11.7. The molecule has 4 heteroatoms. The minimum atomic E-state index is -0.132. The summed E-state index contributed by atoms with van der Waals surface area (Å²) in [6.07, 6.45) is 2.47. The van der Waals surface area contributed by atoms with Crippen molar-refractivity contribution in [3.05, 3.63) is 54.0 Å². The van der Waals surface area contributed by atoms with Crippen LogP contribution in [0.5, 0.6) is 0 Å². The lowest BCUT2D eigenvalue weighted by molar-refractivity contribution is 0.0925. The van der Waals surface area contributed by atoms with Crippen LogP contribution in [0.15, 0.2) is 52.0 Å². The highest BCUT2D eigenvalue weighted by Gasteiger charge is 2.11. The summed E-state index contributed by atoms with van der Waals surface area (Å²) >= 11 is 1.80. The molecule has 19 heavy (non-hydrogen) atoms. The molecule has 2 rings (SSSR count). The summed E-state index contributed by atoms with van der Waals surface area (Å²) in [4.78, 5) is 13.0. The van der Waals surface area contributed by atoms with E-state index < -0.39 is 0 Å². The van der Waals surface area contributed by atoms with Gasteiger partial charge in [-0.2, -0.15) is 0 Å². The highest BCUT2D eigenvalue weighted by Crippen LogP contribution is 2.17. The summed E-state index contributed by atoms with van der Waals surface area (Å²) in [7, 11) is 0. The Labute approximate surface area is 117 Å². The zero-order chi connectivity index (χ0) is 13.5. The number of aryl methyl sites for hydroxylation is 1. The maximum absolute atomic E-state index is 11.7. The number of hydrogen-bond donors (Lipinski definition) is 1. The molecule has 0 aliphatic rings. The standard InChI is InChI=1S/C15H17NO2S/c1-12-8-10-18-14(12)15(17)16-9-5-11-19-13-6-3-2-4-7-13/h2-4,6-8,10H,5,9,11H2,1H3,(H,16,17). The average Bonchev–Trinajstić information content (AvgIpc) is 2.86. The van der Waals surface area contributed by atoms with Gasteiger partial charge in [-0.1, -0.05) is 18.2 Å². The monoisotopic (exact) mass is 275 g/mol. The third kappa shape index (κ3) is 4.17. The number of benzene rings is 1. The Morgan fingerprint density at radius 2 is 2.05 bits per heavy atom. The first kappa shape index (κ1) is 13.7. The molecular weight excluding hydrogens is 258 g/mol. The number of furan rings is 1. The highest BCUT2D eigenvalue weighted by atomic mass is 32.2. The number of carbonyl (C=O) groups is 1. The fraction of sp³-hybridized carbons (Fsp3) is 0.267. The molecule has 100 valence electrons. The Balaban J connectivity index is 1.65. The van der Waals surface area contributed by atoms with Crippen molar-refractivity contribution in [3.63, 3.8) is 0 Å². The van der Waals surface area contributed by atoms with Crippen LogP contribution in [0.4, 0.5) is 0 Å². The smallest absolute Gasteiger partial charge is 0.287 e. The molecule has 1 N–H and O–H groups in total. The molecule has 0 aliphatic heterocycles. The average molecular weight is 275 g/mol. The third-order valence-electron chi connectivity index (χ3n) is 2.69. The summed E-state index contributed by atoms with van der Waals surface area (Å²) in [5, 5.41) is 2.87. The fourth-order valence-electron chi connectivity index (χ4n) is 1.67. The predicted octanol–water partition coefficient (Wildman–Crippen LogP) is 3.50. The second-order valence-electron chi connectivity index (χ2n) is 4.20. The Kier molecular flexibility index (Phi) is 5.10. The van der Waals surface area contributed by atoms with E-state index in [9.17, 15) is 4.79 Å². The van der Waals surface area contributed by atoms with Gasteiger partial charge in [0.15, 0.2) is 5.76 Å². The second-order valence-corrected chi connectivity index (χ2v) is 5.37. The van der Waals surface area contributed by atoms with Gasteiger partial charge in [0.25, 0.3) is 5.91 Å². The van der Waals surface area contributed by atoms with E-state index >= 15 is 0 Å². The Morgan fingerprint density at radius 1 is 1.26 bits per heavy atom. The number of carbonyl (C=O) groups excluding carboxylic acids is 1. The van der Waals surface area contributed by atoms with Crippen LogP contribution in [0.2, 0.25) is 0 Å². The van der Waals surface area contributed by atoms with Crippen molar-refractivity contribution in [1.82, 2.24) is 5.32 Å². The van der Waals surface area contributed by atoms with Crippen molar-refractivity contribution in [1.29, 1.82) is 0 Å². The van der Waals surface area contributed by atoms with E-state index in [-0.39, 0.29) is 5.91 Å². The van der Waals surface area contributed by atoms with Gasteiger partial charge < -0.3 is 9.73 Å². The molecule has 0 aliphatic carbocycles. The Bertz CT molecular complexity index is 522. The minimum Gasteiger partial charge on any atom is -0.459 e. The first-order valence-electron chi connectivity index (χ1n) is 6.27. The van der Waals surface area contributed by atoms with Crippen molar-refractivity contribution >= 4 is 17.7 Å². The van der Waals surface area contributed by atoms with Crippen LogP contribution in [0, 0.1) is 6.92 Å². The van der Waals surface area contributed by atoms with Gasteiger partial charge in [-0.05, 0) is 37.3 Å². The van der Waals surface area contributed by atoms with Gasteiger partial charge in [-0.3, -0.25) is 4.79 Å². The van der Waals surface area contributed by atoms with Crippen molar-refractivity contribution in [3.8, 4) is 0 Å². The van der Waals surface area contributed by atoms with Crippen LogP contribution >= 0.6 is 11.8 Å². The quantitative estimate of drug-likeness (QED) is 0.648. The second kappa shape index (κ2) is 7.04. The van der Waals surface area contributed by atoms with Gasteiger partial charge in [0.2, 0.25) is 0 Å². The molecule has 1 amide bonds. The van der Waals surface area contributed by atoms with Gasteiger partial charge in [-0.25, -0.2) is 0 Å². The zero-order valence-electron chi connectivity index (χ0n) is 10.9. The summed E-state index contributed by atoms with van der Waals surface area (Å²) in [6, 6.07) is 12.1. The molecule has 0 bridgehead atoms. The van der Waals surface area contributed by atoms with Gasteiger partial charge in [-0.15, -0.1) is 11.8 Å². The number of nitrogens with one attached hydrogen (secondary N) is 1. The van der Waals surface area contributed by atoms with Crippen LogP contribution in [-0.4, -0.2) is 18.2 Å². The van der Waals surface area contributed by atoms with Gasteiger partial charge in [0.05, 0.1) is 6.26 Å². The summed E-state index contributed by atoms with van der Waals surface area (Å²) in [6.45, 7) is 2.53. The Hall–Kier alpha value is -1.68. The lowest BCUT2D eigenvalue weighted by Gasteiger charge is -2.04. The van der Waals surface area contributed by atoms with Crippen molar-refractivity contribution in [2.45, 2.75) is 18.2 Å². The van der Waals surface area contributed by atoms with Crippen LogP contribution in [-0.2, 0) is 0 Å². The SMILES string of the molecule is Cc1ccoc1C(=O)NCCCSc1ccccc1. The van der Waals surface area contributed by atoms with Crippen molar-refractivity contribution in [2.75, 3.05) is 12.3 Å². The number of thioether (sulfide) groups is 1. The van der Waals surface area contributed by atoms with Gasteiger partial charge >= 0.3 is 0 Å². The molecule has 0 saturated heterocycles. The van der Waals surface area contributed by atoms with Crippen molar-refractivity contribution in [2.24, 2.45) is 0 Å². The summed E-state index contributed by atoms with van der Waals surface area (Å²) in [5.41, 5.74) is 0.871. The van der Waals surface area contributed by atoms with E-state index in [1.54, 1.807) is 17.8 Å². The zero-order valence-corrected chi connectivity index (χ0v) is 11.7. The van der Waals surface area contributed by atoms with Crippen LogP contribution in [0.1, 0.15) is 22.5 Å². The number of hydrogen-bond acceptors (Lipinski definition) is 3. The fourth-order valence-corrected chi connectivity index (χ4v) is 2.54. The lowest BCUT2D eigenvalue weighted by atomic mass is 10.2. The molecular formula is C15H17NO2S. The molecule has 0 unspecified atom stereocenters. The minimum absolute atomic E-state index is 0.132. The van der Waals surface area contributed by atoms with Crippen LogP contribution < -0.4 is 5.32 Å². The van der Waals surface area contributed by atoms with E-state index in [1.807, 2.05) is 25.1 Å². The molecule has 3 nitrogen and oxygen atoms in total. The number of rotatable bonds is 6. The van der Waals surface area contributed by atoms with E-state index in [0.717, 1.165) is 17.7 Å². The first-order chi connectivity index (χ1) is 9.27. The largest absolute Gasteiger partial charge is 0.459 e. The van der Waals surface area contributed by atoms with E-state index in [0.29, 0.717) is 12.3 Å². The topological polar surface area (TPSA) is 42.2 Å². The van der Waals surface area contributed by atoms with Crippen molar-refractivity contribution < 1.29 is 9.21 Å². The van der Waals surface area contributed by atoms with Crippen LogP contribution in [0.25, 0.3) is 0 Å². The maximum Gasteiger partial charge on any atom is 0.287 e.